The summed E-state index contributed by atoms with van der Waals surface area (Å²) >= 11 is 0. The minimum atomic E-state index is -4.26. The topological polar surface area (TPSA) is 69.6 Å². The van der Waals surface area contributed by atoms with Gasteiger partial charge in [-0.1, -0.05) is 12.1 Å². The number of amides is 2. The van der Waals surface area contributed by atoms with Crippen LogP contribution in [-0.4, -0.2) is 36.9 Å². The average Bonchev–Trinajstić information content (AvgIpc) is 2.41. The summed E-state index contributed by atoms with van der Waals surface area (Å²) in [4.78, 5) is 23.9. The number of hydrogen-bond acceptors (Lipinski definition) is 2. The van der Waals surface area contributed by atoms with Crippen molar-refractivity contribution in [1.29, 1.82) is 0 Å². The molecular formula is C13H15F3N2O3. The third-order valence-corrected chi connectivity index (χ3v) is 2.71. The third-order valence-electron chi connectivity index (χ3n) is 2.71. The number of nitrogens with zero attached hydrogens (tertiary/aromatic N) is 1. The predicted octanol–water partition coefficient (Wildman–Crippen LogP) is 2.87. The van der Waals surface area contributed by atoms with Crippen molar-refractivity contribution in [3.05, 3.63) is 29.8 Å². The number of benzene rings is 1. The van der Waals surface area contributed by atoms with Gasteiger partial charge in [-0.2, -0.15) is 13.2 Å². The van der Waals surface area contributed by atoms with Gasteiger partial charge in [0.1, 0.15) is 0 Å². The number of alkyl halides is 3. The van der Waals surface area contributed by atoms with Gasteiger partial charge in [-0.05, 0) is 18.6 Å². The van der Waals surface area contributed by atoms with Crippen molar-refractivity contribution >= 4 is 17.7 Å². The molecule has 0 aliphatic carbocycles. The fraction of sp³-hybridized carbons (Fsp3) is 0.385. The molecule has 8 heteroatoms. The number of halogens is 3. The van der Waals surface area contributed by atoms with Gasteiger partial charge in [-0.15, -0.1) is 0 Å². The lowest BCUT2D eigenvalue weighted by atomic mass is 10.1. The van der Waals surface area contributed by atoms with E-state index in [9.17, 15) is 22.8 Å². The van der Waals surface area contributed by atoms with E-state index < -0.39 is 24.6 Å². The van der Waals surface area contributed by atoms with Gasteiger partial charge in [0.05, 0.1) is 11.3 Å². The van der Waals surface area contributed by atoms with Crippen LogP contribution >= 0.6 is 0 Å². The van der Waals surface area contributed by atoms with Crippen molar-refractivity contribution in [2.75, 3.05) is 18.5 Å². The molecule has 0 saturated heterocycles. The molecule has 0 unspecified atom stereocenters. The maximum Gasteiger partial charge on any atom is 0.389 e. The zero-order chi connectivity index (χ0) is 16.0. The number of nitrogens with one attached hydrogen (secondary N) is 1. The third kappa shape index (κ3) is 5.33. The van der Waals surface area contributed by atoms with E-state index in [-0.39, 0.29) is 24.2 Å². The average molecular weight is 304 g/mol. The molecule has 1 aromatic carbocycles. The first-order valence-electron chi connectivity index (χ1n) is 6.13. The van der Waals surface area contributed by atoms with Crippen molar-refractivity contribution < 1.29 is 27.9 Å². The van der Waals surface area contributed by atoms with Crippen LogP contribution in [0.5, 0.6) is 0 Å². The fourth-order valence-electron chi connectivity index (χ4n) is 1.66. The Morgan fingerprint density at radius 2 is 1.90 bits per heavy atom. The summed E-state index contributed by atoms with van der Waals surface area (Å²) in [6.07, 6.45) is -5.47. The normalized spacial score (nSPS) is 11.0. The van der Waals surface area contributed by atoms with E-state index in [1.54, 1.807) is 6.07 Å². The van der Waals surface area contributed by atoms with Gasteiger partial charge < -0.3 is 10.4 Å². The van der Waals surface area contributed by atoms with Crippen LogP contribution < -0.4 is 10.2 Å². The Morgan fingerprint density at radius 1 is 1.29 bits per heavy atom. The van der Waals surface area contributed by atoms with Crippen LogP contribution in [0.15, 0.2) is 24.3 Å². The second-order valence-electron chi connectivity index (χ2n) is 4.33. The first kappa shape index (κ1) is 16.8. The molecule has 0 bridgehead atoms. The van der Waals surface area contributed by atoms with Gasteiger partial charge in [-0.3, -0.25) is 4.90 Å². The number of carbonyl (C=O) groups is 2. The van der Waals surface area contributed by atoms with Crippen molar-refractivity contribution in [1.82, 2.24) is 5.32 Å². The molecule has 0 heterocycles. The van der Waals surface area contributed by atoms with E-state index >= 15 is 0 Å². The molecular weight excluding hydrogens is 289 g/mol. The molecule has 0 radical (unpaired) electrons. The molecule has 0 aliphatic rings. The molecule has 0 saturated carbocycles. The number of carboxylic acids is 1. The van der Waals surface area contributed by atoms with Crippen molar-refractivity contribution in [3.8, 4) is 0 Å². The Hall–Kier alpha value is -2.25. The Morgan fingerprint density at radius 3 is 2.48 bits per heavy atom. The van der Waals surface area contributed by atoms with Crippen molar-refractivity contribution in [3.63, 3.8) is 0 Å². The smallest absolute Gasteiger partial charge is 0.389 e. The molecule has 0 fully saturated rings. The maximum atomic E-state index is 12.0. The second-order valence-corrected chi connectivity index (χ2v) is 4.33. The van der Waals surface area contributed by atoms with E-state index in [2.05, 4.69) is 5.32 Å². The van der Waals surface area contributed by atoms with E-state index in [0.29, 0.717) is 0 Å². The summed E-state index contributed by atoms with van der Waals surface area (Å²) < 4.78 is 35.9. The van der Waals surface area contributed by atoms with Crippen LogP contribution in [0.25, 0.3) is 0 Å². The molecule has 2 N–H and O–H groups in total. The molecule has 5 nitrogen and oxygen atoms in total. The van der Waals surface area contributed by atoms with E-state index in [1.165, 1.54) is 25.2 Å². The number of para-hydroxylation sites is 1. The molecule has 0 aromatic heterocycles. The zero-order valence-corrected chi connectivity index (χ0v) is 11.3. The molecule has 2 amide bonds. The zero-order valence-electron chi connectivity index (χ0n) is 11.3. The largest absolute Gasteiger partial charge is 0.478 e. The highest BCUT2D eigenvalue weighted by Crippen LogP contribution is 2.21. The van der Waals surface area contributed by atoms with Gasteiger partial charge in [0, 0.05) is 20.0 Å². The van der Waals surface area contributed by atoms with Gasteiger partial charge in [0.2, 0.25) is 0 Å². The highest BCUT2D eigenvalue weighted by molar-refractivity contribution is 6.01. The van der Waals surface area contributed by atoms with Crippen LogP contribution in [-0.2, 0) is 0 Å². The van der Waals surface area contributed by atoms with Crippen LogP contribution in [0.1, 0.15) is 23.2 Å². The molecule has 1 aromatic rings. The number of urea groups is 1. The minimum absolute atomic E-state index is 0.0644. The van der Waals surface area contributed by atoms with Gasteiger partial charge in [-0.25, -0.2) is 9.59 Å². The lowest BCUT2D eigenvalue weighted by Crippen LogP contribution is -2.38. The highest BCUT2D eigenvalue weighted by Gasteiger charge is 2.26. The van der Waals surface area contributed by atoms with Crippen LogP contribution in [0, 0.1) is 0 Å². The number of anilines is 1. The highest BCUT2D eigenvalue weighted by atomic mass is 19.4. The Balaban J connectivity index is 2.61. The maximum absolute atomic E-state index is 12.0. The van der Waals surface area contributed by atoms with Gasteiger partial charge >= 0.3 is 18.2 Å². The second kappa shape index (κ2) is 6.96. The first-order valence-corrected chi connectivity index (χ1v) is 6.13. The summed E-state index contributed by atoms with van der Waals surface area (Å²) in [5.41, 5.74) is 0.101. The number of carboxylic acid groups (broad SMARTS) is 1. The summed E-state index contributed by atoms with van der Waals surface area (Å²) in [5.74, 6) is -1.19. The Labute approximate surface area is 119 Å². The number of hydrogen-bond donors (Lipinski definition) is 2. The minimum Gasteiger partial charge on any atom is -0.478 e. The Bertz CT molecular complexity index is 518. The lowest BCUT2D eigenvalue weighted by molar-refractivity contribution is -0.135. The molecule has 0 spiro atoms. The summed E-state index contributed by atoms with van der Waals surface area (Å²) in [7, 11) is 1.35. The predicted molar refractivity (Wildman–Crippen MR) is 70.5 cm³/mol. The van der Waals surface area contributed by atoms with E-state index in [1.807, 2.05) is 0 Å². The SMILES string of the molecule is CN(C(=O)NCCCC(F)(F)F)c1ccccc1C(=O)O. The summed E-state index contributed by atoms with van der Waals surface area (Å²) in [6, 6.07) is 5.20. The quantitative estimate of drug-likeness (QED) is 0.822. The fourth-order valence-corrected chi connectivity index (χ4v) is 1.66. The number of carbonyl (C=O) groups excluding carboxylic acids is 1. The monoisotopic (exact) mass is 304 g/mol. The van der Waals surface area contributed by atoms with Gasteiger partial charge in [0.15, 0.2) is 0 Å². The Kier molecular flexibility index (Phi) is 5.57. The lowest BCUT2D eigenvalue weighted by Gasteiger charge is -2.20. The molecule has 0 aliphatic heterocycles. The van der Waals surface area contributed by atoms with Crippen LogP contribution in [0.3, 0.4) is 0 Å². The van der Waals surface area contributed by atoms with Crippen LogP contribution in [0.4, 0.5) is 23.7 Å². The van der Waals surface area contributed by atoms with Gasteiger partial charge in [0.25, 0.3) is 0 Å². The molecule has 21 heavy (non-hydrogen) atoms. The summed E-state index contributed by atoms with van der Waals surface area (Å²) in [5, 5.41) is 11.3. The van der Waals surface area contributed by atoms with E-state index in [4.69, 9.17) is 5.11 Å². The number of aromatic carboxylic acids is 1. The van der Waals surface area contributed by atoms with Crippen molar-refractivity contribution in [2.45, 2.75) is 19.0 Å². The molecule has 1 rings (SSSR count). The summed E-state index contributed by atoms with van der Waals surface area (Å²) in [6.45, 7) is -0.141. The molecule has 116 valence electrons. The standard InChI is InChI=1S/C13H15F3N2O3/c1-18(10-6-3-2-5-9(10)11(19)20)12(21)17-8-4-7-13(14,15)16/h2-3,5-6H,4,7-8H2,1H3,(H,17,21)(H,19,20). The molecule has 0 atom stereocenters. The first-order chi connectivity index (χ1) is 9.72. The van der Waals surface area contributed by atoms with Crippen LogP contribution in [0.2, 0.25) is 0 Å². The van der Waals surface area contributed by atoms with E-state index in [0.717, 1.165) is 4.90 Å². The van der Waals surface area contributed by atoms with Crippen molar-refractivity contribution in [2.24, 2.45) is 0 Å². The number of rotatable bonds is 5.